The number of hydrogen-bond donors (Lipinski definition) is 1. The van der Waals surface area contributed by atoms with Crippen LogP contribution in [0, 0.1) is 17.3 Å². The van der Waals surface area contributed by atoms with Gasteiger partial charge in [-0.15, -0.1) is 0 Å². The Balaban J connectivity index is 2.50. The van der Waals surface area contributed by atoms with Crippen LogP contribution in [0.4, 0.5) is 0 Å². The summed E-state index contributed by atoms with van der Waals surface area (Å²) in [6, 6.07) is 0. The predicted molar refractivity (Wildman–Crippen MR) is 94.1 cm³/mol. The highest BCUT2D eigenvalue weighted by Crippen LogP contribution is 2.31. The van der Waals surface area contributed by atoms with Crippen molar-refractivity contribution < 1.29 is 9.59 Å². The first-order chi connectivity index (χ1) is 10.6. The molecule has 0 unspecified atom stereocenters. The Kier molecular flexibility index (Phi) is 7.52. The molecule has 23 heavy (non-hydrogen) atoms. The third kappa shape index (κ3) is 6.50. The second-order valence-corrected chi connectivity index (χ2v) is 8.08. The molecule has 1 aliphatic rings. The minimum absolute atomic E-state index is 0.144. The van der Waals surface area contributed by atoms with Crippen molar-refractivity contribution in [2.45, 2.75) is 47.0 Å². The molecule has 1 N–H and O–H groups in total. The average Bonchev–Trinajstić information content (AvgIpc) is 2.45. The molecule has 5 nitrogen and oxygen atoms in total. The van der Waals surface area contributed by atoms with Gasteiger partial charge in [0.15, 0.2) is 0 Å². The maximum absolute atomic E-state index is 12.5. The second-order valence-electron chi connectivity index (χ2n) is 8.08. The van der Waals surface area contributed by atoms with Crippen molar-refractivity contribution in [3.63, 3.8) is 0 Å². The van der Waals surface area contributed by atoms with Crippen molar-refractivity contribution in [3.05, 3.63) is 0 Å². The van der Waals surface area contributed by atoms with Gasteiger partial charge in [0, 0.05) is 38.0 Å². The van der Waals surface area contributed by atoms with Gasteiger partial charge in [0.05, 0.1) is 0 Å². The van der Waals surface area contributed by atoms with Crippen molar-refractivity contribution >= 4 is 11.8 Å². The zero-order valence-corrected chi connectivity index (χ0v) is 15.8. The van der Waals surface area contributed by atoms with Crippen LogP contribution >= 0.6 is 0 Å². The van der Waals surface area contributed by atoms with Crippen LogP contribution in [0.25, 0.3) is 0 Å². The zero-order chi connectivity index (χ0) is 17.6. The molecule has 0 saturated carbocycles. The zero-order valence-electron chi connectivity index (χ0n) is 15.8. The number of likely N-dealkylation sites (tertiary alicyclic amines) is 1. The fourth-order valence-corrected chi connectivity index (χ4v) is 3.20. The standard InChI is InChI=1S/C18H35N3O2/c1-7-14-13-21(17(23)18(2,3)4)10-8-15(14)12-16(22)19-9-11-20(5)6/h14-15H,7-13H2,1-6H3,(H,19,22)/t14-,15-/m0/s1. The molecule has 5 heteroatoms. The van der Waals surface area contributed by atoms with Crippen molar-refractivity contribution in [2.75, 3.05) is 40.3 Å². The van der Waals surface area contributed by atoms with E-state index in [0.717, 1.165) is 32.5 Å². The van der Waals surface area contributed by atoms with E-state index in [9.17, 15) is 9.59 Å². The van der Waals surface area contributed by atoms with Crippen LogP contribution in [-0.2, 0) is 9.59 Å². The van der Waals surface area contributed by atoms with Gasteiger partial charge in [-0.25, -0.2) is 0 Å². The lowest BCUT2D eigenvalue weighted by Crippen LogP contribution is -2.48. The fourth-order valence-electron chi connectivity index (χ4n) is 3.20. The van der Waals surface area contributed by atoms with Crippen molar-refractivity contribution in [2.24, 2.45) is 17.3 Å². The quantitative estimate of drug-likeness (QED) is 0.812. The highest BCUT2D eigenvalue weighted by Gasteiger charge is 2.35. The molecule has 0 bridgehead atoms. The SMILES string of the molecule is CC[C@H]1CN(C(=O)C(C)(C)C)CC[C@H]1CC(=O)NCCN(C)C. The fraction of sp³-hybridized carbons (Fsp3) is 0.889. The lowest BCUT2D eigenvalue weighted by Gasteiger charge is -2.40. The van der Waals surface area contributed by atoms with E-state index in [0.29, 0.717) is 24.8 Å². The van der Waals surface area contributed by atoms with Gasteiger partial charge in [0.25, 0.3) is 0 Å². The average molecular weight is 325 g/mol. The molecule has 2 amide bonds. The maximum atomic E-state index is 12.5. The lowest BCUT2D eigenvalue weighted by molar-refractivity contribution is -0.142. The van der Waals surface area contributed by atoms with Gasteiger partial charge in [-0.05, 0) is 32.4 Å². The predicted octanol–water partition coefficient (Wildman–Crippen LogP) is 1.98. The Morgan fingerprint density at radius 3 is 2.39 bits per heavy atom. The second kappa shape index (κ2) is 8.67. The molecule has 0 aromatic rings. The summed E-state index contributed by atoms with van der Waals surface area (Å²) in [4.78, 5) is 28.6. The van der Waals surface area contributed by atoms with Gasteiger partial charge < -0.3 is 15.1 Å². The summed E-state index contributed by atoms with van der Waals surface area (Å²) in [6.45, 7) is 11.2. The molecule has 2 atom stereocenters. The number of amides is 2. The number of carbonyl (C=O) groups excluding carboxylic acids is 2. The minimum atomic E-state index is -0.325. The molecular formula is C18H35N3O2. The molecule has 134 valence electrons. The van der Waals surface area contributed by atoms with Crippen LogP contribution in [0.3, 0.4) is 0 Å². The van der Waals surface area contributed by atoms with E-state index < -0.39 is 0 Å². The van der Waals surface area contributed by atoms with E-state index in [1.165, 1.54) is 0 Å². The lowest BCUT2D eigenvalue weighted by atomic mass is 9.80. The van der Waals surface area contributed by atoms with Crippen LogP contribution in [0.15, 0.2) is 0 Å². The minimum Gasteiger partial charge on any atom is -0.355 e. The van der Waals surface area contributed by atoms with Crippen LogP contribution < -0.4 is 5.32 Å². The summed E-state index contributed by atoms with van der Waals surface area (Å²) >= 11 is 0. The molecule has 1 rings (SSSR count). The molecule has 0 spiro atoms. The molecule has 0 aliphatic carbocycles. The van der Waals surface area contributed by atoms with Crippen molar-refractivity contribution in [1.82, 2.24) is 15.1 Å². The Labute approximate surface area is 141 Å². The number of carbonyl (C=O) groups is 2. The molecule has 0 aromatic carbocycles. The van der Waals surface area contributed by atoms with Gasteiger partial charge >= 0.3 is 0 Å². The van der Waals surface area contributed by atoms with Crippen LogP contribution in [0.2, 0.25) is 0 Å². The topological polar surface area (TPSA) is 52.7 Å². The number of nitrogens with zero attached hydrogens (tertiary/aromatic N) is 2. The summed E-state index contributed by atoms with van der Waals surface area (Å²) < 4.78 is 0. The van der Waals surface area contributed by atoms with Gasteiger partial charge in [0.1, 0.15) is 0 Å². The van der Waals surface area contributed by atoms with Gasteiger partial charge in [-0.3, -0.25) is 9.59 Å². The van der Waals surface area contributed by atoms with E-state index in [1.54, 1.807) is 0 Å². The van der Waals surface area contributed by atoms with Crippen molar-refractivity contribution in [1.29, 1.82) is 0 Å². The number of nitrogens with one attached hydrogen (secondary N) is 1. The Morgan fingerprint density at radius 2 is 1.87 bits per heavy atom. The van der Waals surface area contributed by atoms with E-state index >= 15 is 0 Å². The van der Waals surface area contributed by atoms with E-state index in [-0.39, 0.29) is 17.2 Å². The molecule has 1 aliphatic heterocycles. The molecule has 0 aromatic heterocycles. The van der Waals surface area contributed by atoms with Crippen LogP contribution in [0.5, 0.6) is 0 Å². The summed E-state index contributed by atoms with van der Waals surface area (Å²) in [5.41, 5.74) is -0.325. The number of likely N-dealkylation sites (N-methyl/N-ethyl adjacent to an activating group) is 1. The first kappa shape index (κ1) is 19.9. The Morgan fingerprint density at radius 1 is 1.22 bits per heavy atom. The molecular weight excluding hydrogens is 290 g/mol. The summed E-state index contributed by atoms with van der Waals surface area (Å²) in [6.07, 6.45) is 2.54. The highest BCUT2D eigenvalue weighted by atomic mass is 16.2. The van der Waals surface area contributed by atoms with Gasteiger partial charge in [-0.2, -0.15) is 0 Å². The van der Waals surface area contributed by atoms with Gasteiger partial charge in [0.2, 0.25) is 11.8 Å². The van der Waals surface area contributed by atoms with Crippen molar-refractivity contribution in [3.8, 4) is 0 Å². The first-order valence-corrected chi connectivity index (χ1v) is 8.86. The Bertz CT molecular complexity index is 402. The Hall–Kier alpha value is -1.10. The highest BCUT2D eigenvalue weighted by molar-refractivity contribution is 5.81. The molecule has 1 heterocycles. The van der Waals surface area contributed by atoms with E-state index in [2.05, 4.69) is 17.1 Å². The number of hydrogen-bond acceptors (Lipinski definition) is 3. The third-order valence-electron chi connectivity index (χ3n) is 4.67. The van der Waals surface area contributed by atoms with Crippen LogP contribution in [-0.4, -0.2) is 61.9 Å². The van der Waals surface area contributed by atoms with Crippen LogP contribution in [0.1, 0.15) is 47.0 Å². The molecule has 0 radical (unpaired) electrons. The van der Waals surface area contributed by atoms with E-state index in [1.807, 2.05) is 39.8 Å². The summed E-state index contributed by atoms with van der Waals surface area (Å²) in [7, 11) is 4.00. The number of piperidine rings is 1. The summed E-state index contributed by atoms with van der Waals surface area (Å²) in [5.74, 6) is 1.19. The normalized spacial score (nSPS) is 22.3. The smallest absolute Gasteiger partial charge is 0.227 e. The number of rotatable bonds is 6. The third-order valence-corrected chi connectivity index (χ3v) is 4.67. The first-order valence-electron chi connectivity index (χ1n) is 8.86. The van der Waals surface area contributed by atoms with E-state index in [4.69, 9.17) is 0 Å². The summed E-state index contributed by atoms with van der Waals surface area (Å²) in [5, 5.41) is 3.00. The largest absolute Gasteiger partial charge is 0.355 e. The molecule has 1 saturated heterocycles. The van der Waals surface area contributed by atoms with Gasteiger partial charge in [-0.1, -0.05) is 34.1 Å². The molecule has 1 fully saturated rings. The maximum Gasteiger partial charge on any atom is 0.227 e. The monoisotopic (exact) mass is 325 g/mol.